The van der Waals surface area contributed by atoms with Crippen molar-refractivity contribution >= 4 is 6.29 Å². The average Bonchev–Trinajstić information content (AvgIpc) is 2.85. The number of rotatable bonds is 6. The summed E-state index contributed by atoms with van der Waals surface area (Å²) in [4.78, 5) is 16.6. The van der Waals surface area contributed by atoms with Crippen LogP contribution in [0.25, 0.3) is 0 Å². The third kappa shape index (κ3) is 3.50. The van der Waals surface area contributed by atoms with E-state index in [1.165, 1.54) is 0 Å². The number of halogens is 1. The van der Waals surface area contributed by atoms with Crippen LogP contribution in [-0.4, -0.2) is 48.6 Å². The van der Waals surface area contributed by atoms with Crippen LogP contribution in [0.5, 0.6) is 5.75 Å². The number of likely N-dealkylation sites (tertiary alicyclic amines) is 1. The van der Waals surface area contributed by atoms with Crippen molar-refractivity contribution in [3.8, 4) is 5.75 Å². The Bertz CT molecular complexity index is 383. The maximum absolute atomic E-state index is 12.1. The Balaban J connectivity index is 1.81. The second-order valence-electron chi connectivity index (χ2n) is 4.41. The van der Waals surface area contributed by atoms with E-state index in [0.29, 0.717) is 24.2 Å². The van der Waals surface area contributed by atoms with Gasteiger partial charge in [0, 0.05) is 19.6 Å². The molecule has 0 spiro atoms. The minimum absolute atomic E-state index is 0.133. The van der Waals surface area contributed by atoms with Crippen molar-refractivity contribution in [3.05, 3.63) is 24.0 Å². The van der Waals surface area contributed by atoms with Crippen LogP contribution < -0.4 is 4.74 Å². The Morgan fingerprint density at radius 3 is 3.11 bits per heavy atom. The summed E-state index contributed by atoms with van der Waals surface area (Å²) < 4.78 is 17.8. The predicted octanol–water partition coefficient (Wildman–Crippen LogP) is 1.71. The SMILES string of the molecule is O=Cc1ccc(OC2CCN(CCCF)C2)cn1. The van der Waals surface area contributed by atoms with E-state index < -0.39 is 0 Å². The smallest absolute Gasteiger partial charge is 0.168 e. The highest BCUT2D eigenvalue weighted by Crippen LogP contribution is 2.17. The molecule has 0 bridgehead atoms. The van der Waals surface area contributed by atoms with E-state index in [9.17, 15) is 9.18 Å². The summed E-state index contributed by atoms with van der Waals surface area (Å²) in [6, 6.07) is 3.39. The molecule has 0 saturated carbocycles. The number of aromatic nitrogens is 1. The zero-order chi connectivity index (χ0) is 12.8. The van der Waals surface area contributed by atoms with Crippen molar-refractivity contribution in [2.75, 3.05) is 26.3 Å². The van der Waals surface area contributed by atoms with Crippen LogP contribution >= 0.6 is 0 Å². The first-order chi connectivity index (χ1) is 8.81. The van der Waals surface area contributed by atoms with Crippen LogP contribution in [0.2, 0.25) is 0 Å². The van der Waals surface area contributed by atoms with Gasteiger partial charge in [0.05, 0.1) is 12.9 Å². The molecule has 1 fully saturated rings. The van der Waals surface area contributed by atoms with E-state index in [4.69, 9.17) is 4.74 Å². The highest BCUT2D eigenvalue weighted by atomic mass is 19.1. The molecule has 2 heterocycles. The van der Waals surface area contributed by atoms with Crippen molar-refractivity contribution in [2.24, 2.45) is 0 Å². The summed E-state index contributed by atoms with van der Waals surface area (Å²) in [5, 5.41) is 0. The van der Waals surface area contributed by atoms with Gasteiger partial charge in [-0.1, -0.05) is 0 Å². The Labute approximate surface area is 106 Å². The number of carbonyl (C=O) groups excluding carboxylic acids is 1. The van der Waals surface area contributed by atoms with Crippen molar-refractivity contribution < 1.29 is 13.9 Å². The molecule has 0 aliphatic carbocycles. The number of alkyl halides is 1. The summed E-state index contributed by atoms with van der Waals surface area (Å²) in [6.45, 7) is 2.30. The van der Waals surface area contributed by atoms with Gasteiger partial charge in [-0.3, -0.25) is 14.1 Å². The molecule has 1 aliphatic rings. The lowest BCUT2D eigenvalue weighted by molar-refractivity contribution is 0.111. The van der Waals surface area contributed by atoms with E-state index in [0.717, 1.165) is 26.1 Å². The minimum Gasteiger partial charge on any atom is -0.487 e. The second kappa shape index (κ2) is 6.44. The van der Waals surface area contributed by atoms with Crippen LogP contribution in [0.3, 0.4) is 0 Å². The van der Waals surface area contributed by atoms with Crippen LogP contribution in [0.1, 0.15) is 23.3 Å². The molecule has 1 saturated heterocycles. The topological polar surface area (TPSA) is 42.4 Å². The van der Waals surface area contributed by atoms with Gasteiger partial charge in [-0.05, 0) is 25.0 Å². The first-order valence-corrected chi connectivity index (χ1v) is 6.18. The van der Waals surface area contributed by atoms with E-state index >= 15 is 0 Å². The first-order valence-electron chi connectivity index (χ1n) is 6.18. The van der Waals surface area contributed by atoms with Crippen molar-refractivity contribution in [3.63, 3.8) is 0 Å². The van der Waals surface area contributed by atoms with Crippen molar-refractivity contribution in [2.45, 2.75) is 18.9 Å². The van der Waals surface area contributed by atoms with Gasteiger partial charge >= 0.3 is 0 Å². The molecule has 0 radical (unpaired) electrons. The molecule has 1 aromatic heterocycles. The molecule has 2 rings (SSSR count). The van der Waals surface area contributed by atoms with Gasteiger partial charge in [-0.2, -0.15) is 0 Å². The third-order valence-electron chi connectivity index (χ3n) is 3.02. The zero-order valence-corrected chi connectivity index (χ0v) is 10.2. The molecule has 18 heavy (non-hydrogen) atoms. The second-order valence-corrected chi connectivity index (χ2v) is 4.41. The maximum atomic E-state index is 12.1. The van der Waals surface area contributed by atoms with Gasteiger partial charge in [0.1, 0.15) is 17.5 Å². The number of pyridine rings is 1. The molecule has 1 aromatic rings. The standard InChI is InChI=1S/C13H17FN2O2/c14-5-1-6-16-7-4-13(9-16)18-12-3-2-11(10-17)15-8-12/h2-3,8,10,13H,1,4-7,9H2. The Morgan fingerprint density at radius 2 is 2.44 bits per heavy atom. The number of hydrogen-bond acceptors (Lipinski definition) is 4. The normalized spacial score (nSPS) is 19.9. The van der Waals surface area contributed by atoms with Crippen LogP contribution in [0, 0.1) is 0 Å². The molecule has 5 heteroatoms. The number of carbonyl (C=O) groups is 1. The van der Waals surface area contributed by atoms with E-state index in [1.807, 2.05) is 0 Å². The lowest BCUT2D eigenvalue weighted by Gasteiger charge is -2.16. The number of nitrogens with zero attached hydrogens (tertiary/aromatic N) is 2. The number of aldehydes is 1. The van der Waals surface area contributed by atoms with Gasteiger partial charge in [0.2, 0.25) is 0 Å². The first kappa shape index (κ1) is 13.0. The molecule has 1 atom stereocenters. The predicted molar refractivity (Wildman–Crippen MR) is 65.7 cm³/mol. The minimum atomic E-state index is -0.265. The van der Waals surface area contributed by atoms with Crippen molar-refractivity contribution in [1.29, 1.82) is 0 Å². The zero-order valence-electron chi connectivity index (χ0n) is 10.2. The van der Waals surface area contributed by atoms with E-state index in [1.54, 1.807) is 18.3 Å². The Hall–Kier alpha value is -1.49. The molecular formula is C13H17FN2O2. The molecule has 1 unspecified atom stereocenters. The lowest BCUT2D eigenvalue weighted by atomic mass is 10.3. The fourth-order valence-corrected chi connectivity index (χ4v) is 2.10. The largest absolute Gasteiger partial charge is 0.487 e. The maximum Gasteiger partial charge on any atom is 0.168 e. The Kier molecular flexibility index (Phi) is 4.64. The quantitative estimate of drug-likeness (QED) is 0.723. The van der Waals surface area contributed by atoms with Gasteiger partial charge in [-0.25, -0.2) is 4.98 Å². The Morgan fingerprint density at radius 1 is 1.56 bits per heavy atom. The summed E-state index contributed by atoms with van der Waals surface area (Å²) in [5.74, 6) is 0.679. The van der Waals surface area contributed by atoms with E-state index in [2.05, 4.69) is 9.88 Å². The summed E-state index contributed by atoms with van der Waals surface area (Å²) in [5.41, 5.74) is 0.401. The summed E-state index contributed by atoms with van der Waals surface area (Å²) in [6.07, 6.45) is 3.93. The molecule has 98 valence electrons. The summed E-state index contributed by atoms with van der Waals surface area (Å²) >= 11 is 0. The van der Waals surface area contributed by atoms with Gasteiger partial charge in [-0.15, -0.1) is 0 Å². The van der Waals surface area contributed by atoms with Gasteiger partial charge in [0.25, 0.3) is 0 Å². The van der Waals surface area contributed by atoms with Crippen LogP contribution in [-0.2, 0) is 0 Å². The fraction of sp³-hybridized carbons (Fsp3) is 0.538. The molecule has 0 aromatic carbocycles. The lowest BCUT2D eigenvalue weighted by Crippen LogP contribution is -2.26. The molecular weight excluding hydrogens is 235 g/mol. The highest BCUT2D eigenvalue weighted by Gasteiger charge is 2.23. The molecule has 0 N–H and O–H groups in total. The van der Waals surface area contributed by atoms with Crippen LogP contribution in [0.15, 0.2) is 18.3 Å². The summed E-state index contributed by atoms with van der Waals surface area (Å²) in [7, 11) is 0. The fourth-order valence-electron chi connectivity index (χ4n) is 2.10. The number of ether oxygens (including phenoxy) is 1. The number of hydrogen-bond donors (Lipinski definition) is 0. The van der Waals surface area contributed by atoms with Crippen molar-refractivity contribution in [1.82, 2.24) is 9.88 Å². The van der Waals surface area contributed by atoms with Crippen LogP contribution in [0.4, 0.5) is 4.39 Å². The third-order valence-corrected chi connectivity index (χ3v) is 3.02. The molecule has 4 nitrogen and oxygen atoms in total. The average molecular weight is 252 g/mol. The molecule has 0 amide bonds. The monoisotopic (exact) mass is 252 g/mol. The van der Waals surface area contributed by atoms with E-state index in [-0.39, 0.29) is 12.8 Å². The van der Waals surface area contributed by atoms with Gasteiger partial charge in [0.15, 0.2) is 6.29 Å². The van der Waals surface area contributed by atoms with Gasteiger partial charge < -0.3 is 4.74 Å². The molecule has 1 aliphatic heterocycles. The highest BCUT2D eigenvalue weighted by molar-refractivity contribution is 5.71.